The maximum atomic E-state index is 12.0. The van der Waals surface area contributed by atoms with E-state index in [2.05, 4.69) is 41.5 Å². The van der Waals surface area contributed by atoms with E-state index in [0.29, 0.717) is 12.8 Å². The van der Waals surface area contributed by atoms with Gasteiger partial charge in [0, 0.05) is 18.0 Å². The summed E-state index contributed by atoms with van der Waals surface area (Å²) in [5.74, 6) is 0.0412. The van der Waals surface area contributed by atoms with Gasteiger partial charge in [0.2, 0.25) is 5.91 Å². The number of hydrogen-bond donors (Lipinski definition) is 2. The monoisotopic (exact) mass is 367 g/mol. The molecular formula is C18H26ClN3OS. The second-order valence-corrected chi connectivity index (χ2v) is 7.17. The number of nitrogens with zero attached hydrogens (tertiary/aromatic N) is 1. The maximum Gasteiger partial charge on any atom is 0.220 e. The minimum atomic E-state index is -0.0349. The fraction of sp³-hybridized carbons (Fsp3) is 0.444. The van der Waals surface area contributed by atoms with Crippen LogP contribution in [-0.4, -0.2) is 16.9 Å². The minimum absolute atomic E-state index is 0. The number of thiazole rings is 1. The lowest BCUT2D eigenvalue weighted by Crippen LogP contribution is -2.28. The van der Waals surface area contributed by atoms with E-state index < -0.39 is 0 Å². The molecule has 1 aromatic heterocycles. The van der Waals surface area contributed by atoms with E-state index in [1.165, 1.54) is 5.56 Å². The molecule has 2 rings (SSSR count). The molecule has 0 aliphatic heterocycles. The highest BCUT2D eigenvalue weighted by molar-refractivity contribution is 7.15. The highest BCUT2D eigenvalue weighted by Gasteiger charge is 2.17. The second kappa shape index (κ2) is 9.16. The Morgan fingerprint density at radius 3 is 2.46 bits per heavy atom. The Morgan fingerprint density at radius 2 is 1.88 bits per heavy atom. The standard InChI is InChI=1S/C18H25N3OS.ClH/c1-11-5-8-15(9-6-11)18-21-14(4)17(23-18)13(3)20-16(22)10-7-12(2)19;/h5-6,8-9,12-13H,7,10,19H2,1-4H3,(H,20,22);1H. The van der Waals surface area contributed by atoms with Crippen LogP contribution in [0.2, 0.25) is 0 Å². The van der Waals surface area contributed by atoms with E-state index in [-0.39, 0.29) is 30.4 Å². The van der Waals surface area contributed by atoms with Crippen LogP contribution in [0.3, 0.4) is 0 Å². The van der Waals surface area contributed by atoms with Crippen LogP contribution in [0, 0.1) is 13.8 Å². The molecule has 6 heteroatoms. The van der Waals surface area contributed by atoms with Crippen LogP contribution in [-0.2, 0) is 4.79 Å². The topological polar surface area (TPSA) is 68.0 Å². The van der Waals surface area contributed by atoms with Crippen LogP contribution >= 0.6 is 23.7 Å². The number of benzene rings is 1. The number of amides is 1. The van der Waals surface area contributed by atoms with Gasteiger partial charge in [-0.2, -0.15) is 0 Å². The lowest BCUT2D eigenvalue weighted by atomic mass is 10.1. The highest BCUT2D eigenvalue weighted by Crippen LogP contribution is 2.31. The van der Waals surface area contributed by atoms with Crippen molar-refractivity contribution in [3.8, 4) is 10.6 Å². The molecule has 0 aliphatic carbocycles. The minimum Gasteiger partial charge on any atom is -0.349 e. The van der Waals surface area contributed by atoms with E-state index >= 15 is 0 Å². The number of nitrogens with two attached hydrogens (primary N) is 1. The van der Waals surface area contributed by atoms with Gasteiger partial charge in [-0.05, 0) is 34.1 Å². The van der Waals surface area contributed by atoms with E-state index in [1.807, 2.05) is 20.8 Å². The zero-order chi connectivity index (χ0) is 17.0. The van der Waals surface area contributed by atoms with Crippen molar-refractivity contribution in [2.24, 2.45) is 5.73 Å². The predicted octanol–water partition coefficient (Wildman–Crippen LogP) is 4.15. The molecule has 132 valence electrons. The Balaban J connectivity index is 0.00000288. The third kappa shape index (κ3) is 5.58. The fourth-order valence-corrected chi connectivity index (χ4v) is 3.44. The van der Waals surface area contributed by atoms with Crippen LogP contribution in [0.1, 0.15) is 48.9 Å². The number of aromatic nitrogens is 1. The Bertz CT molecular complexity index is 667. The molecule has 2 atom stereocenters. The maximum absolute atomic E-state index is 12.0. The molecular weight excluding hydrogens is 342 g/mol. The van der Waals surface area contributed by atoms with Crippen LogP contribution in [0.5, 0.6) is 0 Å². The van der Waals surface area contributed by atoms with Gasteiger partial charge in [-0.15, -0.1) is 23.7 Å². The zero-order valence-electron chi connectivity index (χ0n) is 14.6. The zero-order valence-corrected chi connectivity index (χ0v) is 16.3. The molecule has 0 aliphatic rings. The summed E-state index contributed by atoms with van der Waals surface area (Å²) in [7, 11) is 0. The van der Waals surface area contributed by atoms with Crippen LogP contribution < -0.4 is 11.1 Å². The summed E-state index contributed by atoms with van der Waals surface area (Å²) < 4.78 is 0. The van der Waals surface area contributed by atoms with Crippen molar-refractivity contribution in [3.63, 3.8) is 0 Å². The third-order valence-corrected chi connectivity index (χ3v) is 5.12. The quantitative estimate of drug-likeness (QED) is 0.805. The molecule has 0 saturated carbocycles. The number of carbonyl (C=O) groups excluding carboxylic acids is 1. The summed E-state index contributed by atoms with van der Waals surface area (Å²) in [6, 6.07) is 8.36. The lowest BCUT2D eigenvalue weighted by Gasteiger charge is -2.13. The molecule has 0 fully saturated rings. The molecule has 4 nitrogen and oxygen atoms in total. The molecule has 2 unspecified atom stereocenters. The molecule has 24 heavy (non-hydrogen) atoms. The molecule has 3 N–H and O–H groups in total. The fourth-order valence-electron chi connectivity index (χ4n) is 2.37. The number of nitrogens with one attached hydrogen (secondary N) is 1. The lowest BCUT2D eigenvalue weighted by molar-refractivity contribution is -0.121. The predicted molar refractivity (Wildman–Crippen MR) is 104 cm³/mol. The van der Waals surface area contributed by atoms with Gasteiger partial charge in [-0.1, -0.05) is 29.8 Å². The van der Waals surface area contributed by atoms with Crippen molar-refractivity contribution >= 4 is 29.7 Å². The SMILES string of the molecule is Cc1ccc(-c2nc(C)c(C(C)NC(=O)CCC(C)N)s2)cc1.Cl. The number of hydrogen-bond acceptors (Lipinski definition) is 4. The largest absolute Gasteiger partial charge is 0.349 e. The average Bonchev–Trinajstić information content (AvgIpc) is 2.88. The number of halogens is 1. The smallest absolute Gasteiger partial charge is 0.220 e. The van der Waals surface area contributed by atoms with Gasteiger partial charge in [0.25, 0.3) is 0 Å². The van der Waals surface area contributed by atoms with Crippen LogP contribution in [0.4, 0.5) is 0 Å². The first-order valence-corrected chi connectivity index (χ1v) is 8.77. The third-order valence-electron chi connectivity index (χ3n) is 3.73. The van der Waals surface area contributed by atoms with Crippen molar-refractivity contribution in [1.29, 1.82) is 0 Å². The molecule has 1 amide bonds. The van der Waals surface area contributed by atoms with E-state index in [4.69, 9.17) is 5.73 Å². The van der Waals surface area contributed by atoms with E-state index in [1.54, 1.807) is 11.3 Å². The van der Waals surface area contributed by atoms with E-state index in [0.717, 1.165) is 21.1 Å². The molecule has 0 radical (unpaired) electrons. The summed E-state index contributed by atoms with van der Waals surface area (Å²) >= 11 is 1.64. The van der Waals surface area contributed by atoms with Gasteiger partial charge in [-0.25, -0.2) is 4.98 Å². The van der Waals surface area contributed by atoms with Crippen molar-refractivity contribution in [2.75, 3.05) is 0 Å². The molecule has 2 aromatic rings. The molecule has 0 saturated heterocycles. The van der Waals surface area contributed by atoms with Gasteiger partial charge in [0.05, 0.1) is 16.6 Å². The van der Waals surface area contributed by atoms with Crippen molar-refractivity contribution in [3.05, 3.63) is 40.4 Å². The Kier molecular flexibility index (Phi) is 7.87. The van der Waals surface area contributed by atoms with Crippen molar-refractivity contribution in [2.45, 2.75) is 52.6 Å². The molecule has 0 bridgehead atoms. The summed E-state index contributed by atoms with van der Waals surface area (Å²) in [4.78, 5) is 17.7. The average molecular weight is 368 g/mol. The Hall–Kier alpha value is -1.43. The Morgan fingerprint density at radius 1 is 1.25 bits per heavy atom. The first-order chi connectivity index (χ1) is 10.9. The molecule has 1 heterocycles. The first kappa shape index (κ1) is 20.6. The number of rotatable bonds is 6. The summed E-state index contributed by atoms with van der Waals surface area (Å²) in [6.07, 6.45) is 1.17. The van der Waals surface area contributed by atoms with Crippen LogP contribution in [0.15, 0.2) is 24.3 Å². The summed E-state index contributed by atoms with van der Waals surface area (Å²) in [5, 5.41) is 4.04. The van der Waals surface area contributed by atoms with Gasteiger partial charge < -0.3 is 11.1 Å². The van der Waals surface area contributed by atoms with Gasteiger partial charge >= 0.3 is 0 Å². The van der Waals surface area contributed by atoms with E-state index in [9.17, 15) is 4.79 Å². The first-order valence-electron chi connectivity index (χ1n) is 7.96. The summed E-state index contributed by atoms with van der Waals surface area (Å²) in [5.41, 5.74) is 9.02. The van der Waals surface area contributed by atoms with Gasteiger partial charge in [-0.3, -0.25) is 4.79 Å². The Labute approximate surface area is 154 Å². The number of carbonyl (C=O) groups is 1. The molecule has 0 spiro atoms. The van der Waals surface area contributed by atoms with Gasteiger partial charge in [0.15, 0.2) is 0 Å². The summed E-state index contributed by atoms with van der Waals surface area (Å²) in [6.45, 7) is 7.98. The highest BCUT2D eigenvalue weighted by atomic mass is 35.5. The normalized spacial score (nSPS) is 13.0. The van der Waals surface area contributed by atoms with Crippen molar-refractivity contribution < 1.29 is 4.79 Å². The number of aryl methyl sites for hydroxylation is 2. The second-order valence-electron chi connectivity index (χ2n) is 6.14. The van der Waals surface area contributed by atoms with Crippen LogP contribution in [0.25, 0.3) is 10.6 Å². The molecule has 1 aromatic carbocycles. The van der Waals surface area contributed by atoms with Gasteiger partial charge in [0.1, 0.15) is 5.01 Å². The van der Waals surface area contributed by atoms with Crippen molar-refractivity contribution in [1.82, 2.24) is 10.3 Å².